The molecule has 0 aromatic heterocycles. The highest BCUT2D eigenvalue weighted by atomic mass is 19.1. The molecule has 0 aliphatic carbocycles. The Bertz CT molecular complexity index is 652. The molecule has 0 saturated carbocycles. The summed E-state index contributed by atoms with van der Waals surface area (Å²) in [7, 11) is 0. The van der Waals surface area contributed by atoms with Crippen molar-refractivity contribution in [1.82, 2.24) is 0 Å². The number of anilines is 1. The molecule has 1 saturated heterocycles. The SMILES string of the molecule is O=C1C(CCCc2ccc(F)cc2)CN1c1ccc(F)cc1. The molecule has 3 rings (SSSR count). The summed E-state index contributed by atoms with van der Waals surface area (Å²) in [5.74, 6) is -0.378. The van der Waals surface area contributed by atoms with Crippen molar-refractivity contribution in [2.45, 2.75) is 19.3 Å². The van der Waals surface area contributed by atoms with Gasteiger partial charge in [-0.05, 0) is 61.2 Å². The molecule has 1 atom stereocenters. The van der Waals surface area contributed by atoms with Gasteiger partial charge in [0, 0.05) is 12.2 Å². The third-order valence-corrected chi connectivity index (χ3v) is 4.09. The van der Waals surface area contributed by atoms with E-state index in [9.17, 15) is 13.6 Å². The van der Waals surface area contributed by atoms with Crippen molar-refractivity contribution in [2.24, 2.45) is 5.92 Å². The van der Waals surface area contributed by atoms with Crippen molar-refractivity contribution in [1.29, 1.82) is 0 Å². The Morgan fingerprint density at radius 1 is 0.955 bits per heavy atom. The molecule has 2 aromatic rings. The van der Waals surface area contributed by atoms with Crippen LogP contribution in [0, 0.1) is 17.6 Å². The summed E-state index contributed by atoms with van der Waals surface area (Å²) >= 11 is 0. The second kappa shape index (κ2) is 6.26. The zero-order valence-corrected chi connectivity index (χ0v) is 12.1. The van der Waals surface area contributed by atoms with Gasteiger partial charge in [0.2, 0.25) is 5.91 Å². The minimum atomic E-state index is -0.299. The molecule has 0 bridgehead atoms. The van der Waals surface area contributed by atoms with Gasteiger partial charge in [-0.1, -0.05) is 12.1 Å². The first kappa shape index (κ1) is 14.7. The summed E-state index contributed by atoms with van der Waals surface area (Å²) < 4.78 is 25.7. The number of halogens is 2. The van der Waals surface area contributed by atoms with Gasteiger partial charge in [0.25, 0.3) is 0 Å². The smallest absolute Gasteiger partial charge is 0.231 e. The number of carbonyl (C=O) groups is 1. The van der Waals surface area contributed by atoms with E-state index in [2.05, 4.69) is 0 Å². The van der Waals surface area contributed by atoms with Gasteiger partial charge in [0.05, 0.1) is 5.92 Å². The highest BCUT2D eigenvalue weighted by Crippen LogP contribution is 2.29. The van der Waals surface area contributed by atoms with E-state index in [-0.39, 0.29) is 23.5 Å². The van der Waals surface area contributed by atoms with Gasteiger partial charge in [-0.25, -0.2) is 8.78 Å². The van der Waals surface area contributed by atoms with Crippen molar-refractivity contribution < 1.29 is 13.6 Å². The van der Waals surface area contributed by atoms with Gasteiger partial charge in [-0.15, -0.1) is 0 Å². The molecule has 1 aliphatic rings. The fourth-order valence-corrected chi connectivity index (χ4v) is 2.77. The van der Waals surface area contributed by atoms with Crippen LogP contribution in [0.25, 0.3) is 0 Å². The van der Waals surface area contributed by atoms with Crippen molar-refractivity contribution in [3.05, 3.63) is 65.7 Å². The molecule has 4 heteroatoms. The Kier molecular flexibility index (Phi) is 4.18. The Labute approximate surface area is 128 Å². The Morgan fingerprint density at radius 3 is 2.14 bits per heavy atom. The van der Waals surface area contributed by atoms with E-state index in [1.807, 2.05) is 0 Å². The number of β-lactam (4-membered cyclic amide) rings is 1. The maximum atomic E-state index is 12.9. The molecule has 1 aliphatic heterocycles. The maximum absolute atomic E-state index is 12.9. The third kappa shape index (κ3) is 3.16. The third-order valence-electron chi connectivity index (χ3n) is 4.09. The van der Waals surface area contributed by atoms with Crippen molar-refractivity contribution in [3.8, 4) is 0 Å². The van der Waals surface area contributed by atoms with E-state index in [0.717, 1.165) is 30.5 Å². The fraction of sp³-hybridized carbons (Fsp3) is 0.278. The Hall–Kier alpha value is -2.23. The molecule has 0 radical (unpaired) electrons. The highest BCUT2D eigenvalue weighted by Gasteiger charge is 2.36. The first-order valence-electron chi connectivity index (χ1n) is 7.45. The first-order valence-corrected chi connectivity index (χ1v) is 7.45. The predicted octanol–water partition coefficient (Wildman–Crippen LogP) is 3.95. The number of hydrogen-bond donors (Lipinski definition) is 0. The molecule has 1 fully saturated rings. The van der Waals surface area contributed by atoms with Gasteiger partial charge in [0.15, 0.2) is 0 Å². The van der Waals surface area contributed by atoms with E-state index in [4.69, 9.17) is 0 Å². The van der Waals surface area contributed by atoms with Gasteiger partial charge >= 0.3 is 0 Å². The molecule has 1 unspecified atom stereocenters. The minimum absolute atomic E-state index is 0.0468. The zero-order valence-electron chi connectivity index (χ0n) is 12.1. The van der Waals surface area contributed by atoms with Crippen LogP contribution in [0.5, 0.6) is 0 Å². The molecule has 0 N–H and O–H groups in total. The average molecular weight is 301 g/mol. The number of hydrogen-bond acceptors (Lipinski definition) is 1. The highest BCUT2D eigenvalue weighted by molar-refractivity contribution is 6.01. The minimum Gasteiger partial charge on any atom is -0.311 e. The zero-order chi connectivity index (χ0) is 15.5. The lowest BCUT2D eigenvalue weighted by Gasteiger charge is -2.38. The Balaban J connectivity index is 1.47. The van der Waals surface area contributed by atoms with Crippen LogP contribution in [0.4, 0.5) is 14.5 Å². The summed E-state index contributed by atoms with van der Waals surface area (Å²) in [4.78, 5) is 13.8. The molecule has 0 spiro atoms. The van der Waals surface area contributed by atoms with Crippen LogP contribution in [0.15, 0.2) is 48.5 Å². The molecule has 1 amide bonds. The number of carbonyl (C=O) groups excluding carboxylic acids is 1. The van der Waals surface area contributed by atoms with Crippen LogP contribution in [-0.2, 0) is 11.2 Å². The summed E-state index contributed by atoms with van der Waals surface area (Å²) in [6, 6.07) is 12.5. The van der Waals surface area contributed by atoms with Crippen molar-refractivity contribution in [2.75, 3.05) is 11.4 Å². The number of amides is 1. The predicted molar refractivity (Wildman–Crippen MR) is 81.6 cm³/mol. The van der Waals surface area contributed by atoms with Crippen LogP contribution >= 0.6 is 0 Å². The molecule has 2 aromatic carbocycles. The van der Waals surface area contributed by atoms with E-state index < -0.39 is 0 Å². The van der Waals surface area contributed by atoms with Crippen LogP contribution in [0.1, 0.15) is 18.4 Å². The van der Waals surface area contributed by atoms with E-state index in [0.29, 0.717) is 6.54 Å². The largest absolute Gasteiger partial charge is 0.311 e. The van der Waals surface area contributed by atoms with Crippen LogP contribution in [0.3, 0.4) is 0 Å². The van der Waals surface area contributed by atoms with Crippen molar-refractivity contribution in [3.63, 3.8) is 0 Å². The van der Waals surface area contributed by atoms with Gasteiger partial charge in [-0.2, -0.15) is 0 Å². The van der Waals surface area contributed by atoms with E-state index in [1.54, 1.807) is 29.2 Å². The van der Waals surface area contributed by atoms with Crippen LogP contribution < -0.4 is 4.90 Å². The average Bonchev–Trinajstić information content (AvgIpc) is 2.53. The number of nitrogens with zero attached hydrogens (tertiary/aromatic N) is 1. The lowest BCUT2D eigenvalue weighted by atomic mass is 9.91. The summed E-state index contributed by atoms with van der Waals surface area (Å²) in [5, 5.41) is 0. The van der Waals surface area contributed by atoms with Crippen LogP contribution in [0.2, 0.25) is 0 Å². The maximum Gasteiger partial charge on any atom is 0.231 e. The normalized spacial score (nSPS) is 17.5. The quantitative estimate of drug-likeness (QED) is 0.766. The molecule has 114 valence electrons. The summed E-state index contributed by atoms with van der Waals surface area (Å²) in [6.07, 6.45) is 2.58. The van der Waals surface area contributed by atoms with Crippen LogP contribution in [-0.4, -0.2) is 12.5 Å². The van der Waals surface area contributed by atoms with E-state index >= 15 is 0 Å². The lowest BCUT2D eigenvalue weighted by Crippen LogP contribution is -2.52. The fourth-order valence-electron chi connectivity index (χ4n) is 2.77. The van der Waals surface area contributed by atoms with Crippen molar-refractivity contribution >= 4 is 11.6 Å². The molecular formula is C18H17F2NO. The lowest BCUT2D eigenvalue weighted by molar-refractivity contribution is -0.127. The summed E-state index contributed by atoms with van der Waals surface area (Å²) in [5.41, 5.74) is 1.84. The second-order valence-electron chi connectivity index (χ2n) is 5.64. The molecule has 22 heavy (non-hydrogen) atoms. The standard InChI is InChI=1S/C18H17F2NO/c19-15-6-4-13(5-7-15)2-1-3-14-12-21(18(14)22)17-10-8-16(20)9-11-17/h4-11,14H,1-3,12H2. The van der Waals surface area contributed by atoms with E-state index in [1.165, 1.54) is 24.3 Å². The van der Waals surface area contributed by atoms with Gasteiger partial charge < -0.3 is 4.90 Å². The number of aryl methyl sites for hydroxylation is 1. The first-order chi connectivity index (χ1) is 10.6. The summed E-state index contributed by atoms with van der Waals surface area (Å²) in [6.45, 7) is 0.688. The van der Waals surface area contributed by atoms with Gasteiger partial charge in [-0.3, -0.25) is 4.79 Å². The second-order valence-corrected chi connectivity index (χ2v) is 5.64. The van der Waals surface area contributed by atoms with Gasteiger partial charge in [0.1, 0.15) is 11.6 Å². The molecular weight excluding hydrogens is 284 g/mol. The number of rotatable bonds is 5. The Morgan fingerprint density at radius 2 is 1.55 bits per heavy atom. The topological polar surface area (TPSA) is 20.3 Å². The number of benzene rings is 2. The molecule has 2 nitrogen and oxygen atoms in total. The monoisotopic (exact) mass is 301 g/mol. The molecule has 1 heterocycles.